The van der Waals surface area contributed by atoms with Gasteiger partial charge in [-0.25, -0.2) is 0 Å². The first kappa shape index (κ1) is 15.9. The van der Waals surface area contributed by atoms with Gasteiger partial charge in [-0.15, -0.1) is 0 Å². The van der Waals surface area contributed by atoms with Crippen molar-refractivity contribution in [3.63, 3.8) is 0 Å². The van der Waals surface area contributed by atoms with Crippen LogP contribution in [0.3, 0.4) is 0 Å². The molecule has 0 saturated heterocycles. The van der Waals surface area contributed by atoms with Crippen molar-refractivity contribution in [2.75, 3.05) is 33.2 Å². The molecule has 1 amide bonds. The van der Waals surface area contributed by atoms with Gasteiger partial charge in [0.05, 0.1) is 19.0 Å². The standard InChI is InChI=1S/C13H25N3O/c1-5-12(3)10-16(6-2)11-13(17)15(4)9-7-8-14/h12H,5-7,9-11H2,1-4H3. The number of likely N-dealkylation sites (N-methyl/N-ethyl adjacent to an activating group) is 2. The SMILES string of the molecule is CCC(C)CN(CC)CC(=O)N(C)CCC#N. The Morgan fingerprint density at radius 2 is 2.06 bits per heavy atom. The van der Waals surface area contributed by atoms with Crippen LogP contribution in [0.2, 0.25) is 0 Å². The summed E-state index contributed by atoms with van der Waals surface area (Å²) in [6, 6.07) is 2.05. The van der Waals surface area contributed by atoms with Crippen LogP contribution in [0.4, 0.5) is 0 Å². The predicted octanol–water partition coefficient (Wildman–Crippen LogP) is 1.73. The van der Waals surface area contributed by atoms with E-state index in [1.54, 1.807) is 11.9 Å². The predicted molar refractivity (Wildman–Crippen MR) is 69.4 cm³/mol. The average Bonchev–Trinajstić information content (AvgIpc) is 2.34. The highest BCUT2D eigenvalue weighted by Gasteiger charge is 2.14. The van der Waals surface area contributed by atoms with Gasteiger partial charge in [-0.1, -0.05) is 27.2 Å². The van der Waals surface area contributed by atoms with Crippen LogP contribution < -0.4 is 0 Å². The van der Waals surface area contributed by atoms with E-state index in [2.05, 4.69) is 31.7 Å². The summed E-state index contributed by atoms with van der Waals surface area (Å²) in [5, 5.41) is 8.48. The second kappa shape index (κ2) is 9.00. The first-order chi connectivity index (χ1) is 8.04. The third-order valence-corrected chi connectivity index (χ3v) is 3.06. The Hall–Kier alpha value is -1.08. The highest BCUT2D eigenvalue weighted by molar-refractivity contribution is 5.77. The maximum Gasteiger partial charge on any atom is 0.236 e. The van der Waals surface area contributed by atoms with Gasteiger partial charge in [0, 0.05) is 20.1 Å². The second-order valence-electron chi connectivity index (χ2n) is 4.56. The molecular weight excluding hydrogens is 214 g/mol. The van der Waals surface area contributed by atoms with E-state index in [0.29, 0.717) is 25.4 Å². The first-order valence-corrected chi connectivity index (χ1v) is 6.38. The van der Waals surface area contributed by atoms with Gasteiger partial charge in [0.1, 0.15) is 0 Å². The van der Waals surface area contributed by atoms with Crippen LogP contribution in [0.5, 0.6) is 0 Å². The van der Waals surface area contributed by atoms with E-state index >= 15 is 0 Å². The Balaban J connectivity index is 4.09. The highest BCUT2D eigenvalue weighted by atomic mass is 16.2. The topological polar surface area (TPSA) is 47.3 Å². The zero-order valence-electron chi connectivity index (χ0n) is 11.6. The molecule has 0 aromatic carbocycles. The lowest BCUT2D eigenvalue weighted by Crippen LogP contribution is -2.40. The second-order valence-corrected chi connectivity index (χ2v) is 4.56. The average molecular weight is 239 g/mol. The quantitative estimate of drug-likeness (QED) is 0.648. The molecule has 0 spiro atoms. The molecule has 0 saturated carbocycles. The van der Waals surface area contributed by atoms with Crippen molar-refractivity contribution < 1.29 is 4.79 Å². The van der Waals surface area contributed by atoms with Gasteiger partial charge in [-0.05, 0) is 12.5 Å². The number of nitrogens with zero attached hydrogens (tertiary/aromatic N) is 3. The van der Waals surface area contributed by atoms with Crippen LogP contribution in [0, 0.1) is 17.2 Å². The van der Waals surface area contributed by atoms with Gasteiger partial charge >= 0.3 is 0 Å². The van der Waals surface area contributed by atoms with E-state index in [9.17, 15) is 4.79 Å². The van der Waals surface area contributed by atoms with Crippen LogP contribution in [-0.2, 0) is 4.79 Å². The molecule has 0 radical (unpaired) electrons. The number of hydrogen-bond donors (Lipinski definition) is 0. The summed E-state index contributed by atoms with van der Waals surface area (Å²) in [7, 11) is 1.76. The third kappa shape index (κ3) is 6.96. The molecule has 0 heterocycles. The summed E-state index contributed by atoms with van der Waals surface area (Å²) in [5.74, 6) is 0.720. The Bertz CT molecular complexity index is 260. The van der Waals surface area contributed by atoms with Crippen molar-refractivity contribution in [2.45, 2.75) is 33.6 Å². The minimum Gasteiger partial charge on any atom is -0.344 e. The van der Waals surface area contributed by atoms with Crippen LogP contribution in [-0.4, -0.2) is 48.9 Å². The van der Waals surface area contributed by atoms with E-state index in [4.69, 9.17) is 5.26 Å². The van der Waals surface area contributed by atoms with E-state index in [0.717, 1.165) is 19.5 Å². The summed E-state index contributed by atoms with van der Waals surface area (Å²) in [5.41, 5.74) is 0. The molecule has 0 N–H and O–H groups in total. The van der Waals surface area contributed by atoms with Gasteiger partial charge < -0.3 is 4.90 Å². The zero-order chi connectivity index (χ0) is 13.3. The summed E-state index contributed by atoms with van der Waals surface area (Å²) in [6.45, 7) is 9.28. The minimum atomic E-state index is 0.102. The van der Waals surface area contributed by atoms with Gasteiger partial charge in [-0.2, -0.15) is 5.26 Å². The lowest BCUT2D eigenvalue weighted by molar-refractivity contribution is -0.131. The van der Waals surface area contributed by atoms with Crippen molar-refractivity contribution in [1.82, 2.24) is 9.80 Å². The number of nitriles is 1. The molecule has 98 valence electrons. The van der Waals surface area contributed by atoms with Crippen molar-refractivity contribution >= 4 is 5.91 Å². The fourth-order valence-corrected chi connectivity index (χ4v) is 1.53. The fraction of sp³-hybridized carbons (Fsp3) is 0.846. The molecule has 0 aliphatic rings. The van der Waals surface area contributed by atoms with Crippen LogP contribution in [0.15, 0.2) is 0 Å². The smallest absolute Gasteiger partial charge is 0.236 e. The molecule has 0 aromatic rings. The zero-order valence-corrected chi connectivity index (χ0v) is 11.6. The monoisotopic (exact) mass is 239 g/mol. The van der Waals surface area contributed by atoms with Gasteiger partial charge in [0.25, 0.3) is 0 Å². The lowest BCUT2D eigenvalue weighted by Gasteiger charge is -2.25. The molecular formula is C13H25N3O. The summed E-state index contributed by atoms with van der Waals surface area (Å²) in [6.07, 6.45) is 1.54. The normalized spacial score (nSPS) is 12.2. The van der Waals surface area contributed by atoms with E-state index in [-0.39, 0.29) is 5.91 Å². The summed E-state index contributed by atoms with van der Waals surface area (Å²) < 4.78 is 0. The Morgan fingerprint density at radius 1 is 1.41 bits per heavy atom. The number of rotatable bonds is 8. The molecule has 0 rings (SSSR count). The Kier molecular flexibility index (Phi) is 8.43. The van der Waals surface area contributed by atoms with Gasteiger partial charge in [0.2, 0.25) is 5.91 Å². The van der Waals surface area contributed by atoms with Crippen molar-refractivity contribution in [1.29, 1.82) is 5.26 Å². The van der Waals surface area contributed by atoms with Crippen LogP contribution >= 0.6 is 0 Å². The van der Waals surface area contributed by atoms with Gasteiger partial charge in [0.15, 0.2) is 0 Å². The summed E-state index contributed by atoms with van der Waals surface area (Å²) >= 11 is 0. The Morgan fingerprint density at radius 3 is 2.53 bits per heavy atom. The van der Waals surface area contributed by atoms with Crippen LogP contribution in [0.1, 0.15) is 33.6 Å². The largest absolute Gasteiger partial charge is 0.344 e. The van der Waals surface area contributed by atoms with Crippen molar-refractivity contribution in [3.8, 4) is 6.07 Å². The number of carbonyl (C=O) groups excluding carboxylic acids is 1. The maximum absolute atomic E-state index is 11.9. The molecule has 0 aliphatic heterocycles. The molecule has 0 bridgehead atoms. The van der Waals surface area contributed by atoms with E-state index in [1.807, 2.05) is 0 Å². The van der Waals surface area contributed by atoms with Gasteiger partial charge in [-0.3, -0.25) is 9.69 Å². The van der Waals surface area contributed by atoms with E-state index < -0.39 is 0 Å². The molecule has 4 nitrogen and oxygen atoms in total. The molecule has 0 aromatic heterocycles. The van der Waals surface area contributed by atoms with E-state index in [1.165, 1.54) is 0 Å². The van der Waals surface area contributed by atoms with Crippen molar-refractivity contribution in [2.24, 2.45) is 5.92 Å². The maximum atomic E-state index is 11.9. The molecule has 0 fully saturated rings. The number of amides is 1. The molecule has 4 heteroatoms. The number of carbonyl (C=O) groups is 1. The lowest BCUT2D eigenvalue weighted by atomic mass is 10.1. The van der Waals surface area contributed by atoms with Crippen molar-refractivity contribution in [3.05, 3.63) is 0 Å². The first-order valence-electron chi connectivity index (χ1n) is 6.38. The Labute approximate surface area is 105 Å². The fourth-order valence-electron chi connectivity index (χ4n) is 1.53. The molecule has 1 atom stereocenters. The molecule has 1 unspecified atom stereocenters. The molecule has 17 heavy (non-hydrogen) atoms. The summed E-state index contributed by atoms with van der Waals surface area (Å²) in [4.78, 5) is 15.7. The highest BCUT2D eigenvalue weighted by Crippen LogP contribution is 2.04. The molecule has 0 aliphatic carbocycles. The number of hydrogen-bond acceptors (Lipinski definition) is 3. The van der Waals surface area contributed by atoms with Crippen LogP contribution in [0.25, 0.3) is 0 Å². The third-order valence-electron chi connectivity index (χ3n) is 3.06. The minimum absolute atomic E-state index is 0.102.